The SMILES string of the molecule is CC(C)CN(CC(N)=O)c1ncc(Br)cc1N. The Morgan fingerprint density at radius 1 is 1.59 bits per heavy atom. The highest BCUT2D eigenvalue weighted by Crippen LogP contribution is 2.24. The maximum Gasteiger partial charge on any atom is 0.236 e. The third-order valence-corrected chi connectivity index (χ3v) is 2.53. The van der Waals surface area contributed by atoms with Crippen molar-refractivity contribution in [3.63, 3.8) is 0 Å². The molecule has 0 aliphatic carbocycles. The summed E-state index contributed by atoms with van der Waals surface area (Å²) in [5, 5.41) is 0. The maximum absolute atomic E-state index is 11.0. The van der Waals surface area contributed by atoms with Crippen LogP contribution in [0.5, 0.6) is 0 Å². The second-order valence-electron chi connectivity index (χ2n) is 4.31. The summed E-state index contributed by atoms with van der Waals surface area (Å²) in [5.74, 6) is 0.592. The fraction of sp³-hybridized carbons (Fsp3) is 0.455. The Hall–Kier alpha value is -1.30. The van der Waals surface area contributed by atoms with Gasteiger partial charge >= 0.3 is 0 Å². The van der Waals surface area contributed by atoms with Gasteiger partial charge in [-0.3, -0.25) is 4.79 Å². The topological polar surface area (TPSA) is 85.2 Å². The molecule has 0 aliphatic heterocycles. The highest BCUT2D eigenvalue weighted by molar-refractivity contribution is 9.10. The fourth-order valence-corrected chi connectivity index (χ4v) is 1.92. The quantitative estimate of drug-likeness (QED) is 0.860. The van der Waals surface area contributed by atoms with Crippen molar-refractivity contribution in [2.75, 3.05) is 23.7 Å². The maximum atomic E-state index is 11.0. The molecule has 6 heteroatoms. The van der Waals surface area contributed by atoms with Gasteiger partial charge in [0.05, 0.1) is 12.2 Å². The Kier molecular flexibility index (Phi) is 4.74. The van der Waals surface area contributed by atoms with E-state index in [0.717, 1.165) is 4.47 Å². The molecule has 0 bridgehead atoms. The molecule has 5 nitrogen and oxygen atoms in total. The van der Waals surface area contributed by atoms with E-state index in [9.17, 15) is 4.79 Å². The molecule has 4 N–H and O–H groups in total. The third-order valence-electron chi connectivity index (χ3n) is 2.09. The zero-order valence-electron chi connectivity index (χ0n) is 9.98. The van der Waals surface area contributed by atoms with E-state index in [2.05, 4.69) is 34.8 Å². The van der Waals surface area contributed by atoms with Crippen molar-refractivity contribution in [1.82, 2.24) is 4.98 Å². The molecule has 1 heterocycles. The molecule has 0 saturated carbocycles. The number of carbonyl (C=O) groups excluding carboxylic acids is 1. The first kappa shape index (κ1) is 13.8. The van der Waals surface area contributed by atoms with Crippen molar-refractivity contribution in [2.45, 2.75) is 13.8 Å². The van der Waals surface area contributed by atoms with Crippen molar-refractivity contribution in [3.8, 4) is 0 Å². The summed E-state index contributed by atoms with van der Waals surface area (Å²) < 4.78 is 0.808. The molecule has 1 rings (SSSR count). The third kappa shape index (κ3) is 4.22. The van der Waals surface area contributed by atoms with Gasteiger partial charge in [0.1, 0.15) is 0 Å². The monoisotopic (exact) mass is 300 g/mol. The largest absolute Gasteiger partial charge is 0.396 e. The first-order valence-corrected chi connectivity index (χ1v) is 6.13. The summed E-state index contributed by atoms with van der Waals surface area (Å²) in [4.78, 5) is 17.1. The lowest BCUT2D eigenvalue weighted by Crippen LogP contribution is -2.37. The average Bonchev–Trinajstić information content (AvgIpc) is 2.14. The predicted octanol–water partition coefficient (Wildman–Crippen LogP) is 1.37. The minimum absolute atomic E-state index is 0.122. The van der Waals surface area contributed by atoms with Gasteiger partial charge in [0.2, 0.25) is 5.91 Å². The molecular formula is C11H17BrN4O. The van der Waals surface area contributed by atoms with E-state index in [1.807, 2.05) is 0 Å². The smallest absolute Gasteiger partial charge is 0.236 e. The molecule has 0 atom stereocenters. The number of anilines is 2. The lowest BCUT2D eigenvalue weighted by atomic mass is 10.2. The lowest BCUT2D eigenvalue weighted by Gasteiger charge is -2.25. The number of nitrogen functional groups attached to an aromatic ring is 1. The van der Waals surface area contributed by atoms with E-state index in [-0.39, 0.29) is 6.54 Å². The summed E-state index contributed by atoms with van der Waals surface area (Å²) >= 11 is 3.29. The number of amides is 1. The fourth-order valence-electron chi connectivity index (χ4n) is 1.57. The summed E-state index contributed by atoms with van der Waals surface area (Å²) in [7, 11) is 0. The van der Waals surface area contributed by atoms with E-state index in [4.69, 9.17) is 11.5 Å². The number of primary amides is 1. The Labute approximate surface area is 109 Å². The van der Waals surface area contributed by atoms with Crippen LogP contribution in [0, 0.1) is 5.92 Å². The summed E-state index contributed by atoms with van der Waals surface area (Å²) in [6.07, 6.45) is 1.65. The molecule has 0 unspecified atom stereocenters. The first-order chi connectivity index (χ1) is 7.90. The van der Waals surface area contributed by atoms with Gasteiger partial charge in [0.25, 0.3) is 0 Å². The molecule has 0 fully saturated rings. The molecule has 0 aliphatic rings. The molecule has 0 saturated heterocycles. The van der Waals surface area contributed by atoms with E-state index in [1.54, 1.807) is 17.2 Å². The Balaban J connectivity index is 2.98. The zero-order chi connectivity index (χ0) is 13.0. The van der Waals surface area contributed by atoms with Crippen LogP contribution < -0.4 is 16.4 Å². The summed E-state index contributed by atoms with van der Waals surface area (Å²) in [6, 6.07) is 1.76. The zero-order valence-corrected chi connectivity index (χ0v) is 11.6. The van der Waals surface area contributed by atoms with Gasteiger partial charge in [-0.05, 0) is 27.9 Å². The molecule has 1 amide bonds. The highest BCUT2D eigenvalue weighted by atomic mass is 79.9. The molecular weight excluding hydrogens is 284 g/mol. The van der Waals surface area contributed by atoms with Crippen LogP contribution in [0.2, 0.25) is 0 Å². The number of carbonyl (C=O) groups is 1. The van der Waals surface area contributed by atoms with E-state index in [0.29, 0.717) is 24.0 Å². The molecule has 0 spiro atoms. The van der Waals surface area contributed by atoms with Crippen LogP contribution >= 0.6 is 15.9 Å². The van der Waals surface area contributed by atoms with Crippen molar-refractivity contribution < 1.29 is 4.79 Å². The molecule has 0 radical (unpaired) electrons. The van der Waals surface area contributed by atoms with Gasteiger partial charge < -0.3 is 16.4 Å². The van der Waals surface area contributed by atoms with Crippen molar-refractivity contribution in [1.29, 1.82) is 0 Å². The van der Waals surface area contributed by atoms with Crippen LogP contribution in [0.3, 0.4) is 0 Å². The molecule has 1 aromatic heterocycles. The van der Waals surface area contributed by atoms with Crippen LogP contribution in [0.25, 0.3) is 0 Å². The molecule has 0 aromatic carbocycles. The van der Waals surface area contributed by atoms with Gasteiger partial charge in [-0.2, -0.15) is 0 Å². The minimum Gasteiger partial charge on any atom is -0.396 e. The summed E-state index contributed by atoms with van der Waals surface area (Å²) in [5.41, 5.74) is 11.6. The number of halogens is 1. The standard InChI is InChI=1S/C11H17BrN4O/c1-7(2)5-16(6-10(14)17)11-9(13)3-8(12)4-15-11/h3-4,7H,5-6,13H2,1-2H3,(H2,14,17). The van der Waals surface area contributed by atoms with Gasteiger partial charge in [0.15, 0.2) is 5.82 Å². The van der Waals surface area contributed by atoms with E-state index < -0.39 is 5.91 Å². The number of nitrogens with two attached hydrogens (primary N) is 2. The second-order valence-corrected chi connectivity index (χ2v) is 5.22. The Morgan fingerprint density at radius 2 is 2.24 bits per heavy atom. The van der Waals surface area contributed by atoms with Crippen LogP contribution in [-0.2, 0) is 4.79 Å². The number of rotatable bonds is 5. The van der Waals surface area contributed by atoms with Gasteiger partial charge in [-0.1, -0.05) is 13.8 Å². The molecule has 1 aromatic rings. The van der Waals surface area contributed by atoms with Gasteiger partial charge in [0, 0.05) is 17.2 Å². The van der Waals surface area contributed by atoms with Crippen molar-refractivity contribution >= 4 is 33.3 Å². The van der Waals surface area contributed by atoms with E-state index in [1.165, 1.54) is 0 Å². The van der Waals surface area contributed by atoms with Gasteiger partial charge in [-0.15, -0.1) is 0 Å². The minimum atomic E-state index is -0.394. The number of hydrogen-bond acceptors (Lipinski definition) is 4. The Bertz CT molecular complexity index is 408. The number of hydrogen-bond donors (Lipinski definition) is 2. The van der Waals surface area contributed by atoms with Crippen LogP contribution in [0.4, 0.5) is 11.5 Å². The summed E-state index contributed by atoms with van der Waals surface area (Å²) in [6.45, 7) is 4.92. The molecule has 94 valence electrons. The number of aromatic nitrogens is 1. The second kappa shape index (κ2) is 5.86. The Morgan fingerprint density at radius 3 is 2.71 bits per heavy atom. The van der Waals surface area contributed by atoms with Crippen molar-refractivity contribution in [3.05, 3.63) is 16.7 Å². The van der Waals surface area contributed by atoms with Gasteiger partial charge in [-0.25, -0.2) is 4.98 Å². The van der Waals surface area contributed by atoms with Crippen molar-refractivity contribution in [2.24, 2.45) is 11.7 Å². The van der Waals surface area contributed by atoms with Crippen LogP contribution in [0.15, 0.2) is 16.7 Å². The normalized spacial score (nSPS) is 10.6. The lowest BCUT2D eigenvalue weighted by molar-refractivity contribution is -0.116. The number of nitrogens with zero attached hydrogens (tertiary/aromatic N) is 2. The predicted molar refractivity (Wildman–Crippen MR) is 72.6 cm³/mol. The van der Waals surface area contributed by atoms with Crippen LogP contribution in [-0.4, -0.2) is 24.0 Å². The number of pyridine rings is 1. The molecule has 17 heavy (non-hydrogen) atoms. The average molecular weight is 301 g/mol. The highest BCUT2D eigenvalue weighted by Gasteiger charge is 2.15. The van der Waals surface area contributed by atoms with E-state index >= 15 is 0 Å². The van der Waals surface area contributed by atoms with Crippen LogP contribution in [0.1, 0.15) is 13.8 Å². The first-order valence-electron chi connectivity index (χ1n) is 5.34.